The average molecular weight is 177 g/mol. The lowest BCUT2D eigenvalue weighted by Crippen LogP contribution is -1.89. The summed E-state index contributed by atoms with van der Waals surface area (Å²) in [5.74, 6) is 0.741. The van der Waals surface area contributed by atoms with Gasteiger partial charge in [0, 0.05) is 5.69 Å². The van der Waals surface area contributed by atoms with Crippen LogP contribution in [-0.2, 0) is 6.42 Å². The Morgan fingerprint density at radius 1 is 1.31 bits per heavy atom. The molecular formula is C12H19N. The van der Waals surface area contributed by atoms with E-state index in [1.165, 1.54) is 24.0 Å². The number of hydrogen-bond acceptors (Lipinski definition) is 1. The van der Waals surface area contributed by atoms with Crippen molar-refractivity contribution in [1.82, 2.24) is 0 Å². The van der Waals surface area contributed by atoms with Crippen molar-refractivity contribution in [2.24, 2.45) is 0 Å². The van der Waals surface area contributed by atoms with Crippen molar-refractivity contribution in [3.63, 3.8) is 0 Å². The second-order valence-corrected chi connectivity index (χ2v) is 3.40. The molecule has 0 saturated carbocycles. The third-order valence-corrected chi connectivity index (χ3v) is 2.54. The van der Waals surface area contributed by atoms with E-state index in [0.717, 1.165) is 11.6 Å². The van der Waals surface area contributed by atoms with Crippen molar-refractivity contribution in [1.29, 1.82) is 0 Å². The lowest BCUT2D eigenvalue weighted by atomic mass is 10.0. The molecule has 0 spiro atoms. The van der Waals surface area contributed by atoms with Crippen LogP contribution in [0.3, 0.4) is 0 Å². The quantitative estimate of drug-likeness (QED) is 0.604. The van der Waals surface area contributed by atoms with E-state index in [-0.39, 0.29) is 0 Å². The Hall–Kier alpha value is -0.980. The molecule has 13 heavy (non-hydrogen) atoms. The Kier molecular flexibility index (Phi) is 3.35. The van der Waals surface area contributed by atoms with E-state index in [1.807, 2.05) is 19.9 Å². The van der Waals surface area contributed by atoms with Crippen LogP contribution in [0.5, 0.6) is 0 Å². The van der Waals surface area contributed by atoms with Gasteiger partial charge in [-0.05, 0) is 42.0 Å². The van der Waals surface area contributed by atoms with E-state index in [9.17, 15) is 0 Å². The van der Waals surface area contributed by atoms with Crippen molar-refractivity contribution in [2.45, 2.75) is 39.5 Å². The number of benzene rings is 1. The van der Waals surface area contributed by atoms with Crippen LogP contribution in [0.15, 0.2) is 18.2 Å². The molecule has 0 saturated heterocycles. The molecule has 1 heteroatoms. The van der Waals surface area contributed by atoms with Crippen molar-refractivity contribution >= 4 is 5.69 Å². The van der Waals surface area contributed by atoms with Crippen molar-refractivity contribution in [3.05, 3.63) is 29.3 Å². The molecule has 0 fully saturated rings. The van der Waals surface area contributed by atoms with Crippen molar-refractivity contribution in [2.75, 3.05) is 5.73 Å². The highest BCUT2D eigenvalue weighted by Crippen LogP contribution is 2.33. The Morgan fingerprint density at radius 3 is 2.69 bits per heavy atom. The molecule has 0 aromatic heterocycles. The molecule has 0 amide bonds. The topological polar surface area (TPSA) is 26.0 Å². The molecule has 1 nitrogen and oxygen atoms in total. The number of rotatable bonds is 0. The van der Waals surface area contributed by atoms with Crippen LogP contribution in [0.25, 0.3) is 0 Å². The van der Waals surface area contributed by atoms with Crippen LogP contribution < -0.4 is 5.73 Å². The predicted molar refractivity (Wildman–Crippen MR) is 58.9 cm³/mol. The predicted octanol–water partition coefficient (Wildman–Crippen LogP) is 3.34. The summed E-state index contributed by atoms with van der Waals surface area (Å²) < 4.78 is 0. The first kappa shape index (κ1) is 10.1. The second-order valence-electron chi connectivity index (χ2n) is 3.40. The smallest absolute Gasteiger partial charge is 0.0316 e. The van der Waals surface area contributed by atoms with Gasteiger partial charge in [0.05, 0.1) is 0 Å². The van der Waals surface area contributed by atoms with E-state index in [0.29, 0.717) is 0 Å². The van der Waals surface area contributed by atoms with Crippen LogP contribution >= 0.6 is 0 Å². The number of nitrogen functional groups attached to an aromatic ring is 1. The summed E-state index contributed by atoms with van der Waals surface area (Å²) in [6.07, 6.45) is 2.50. The minimum atomic E-state index is 0.741. The summed E-state index contributed by atoms with van der Waals surface area (Å²) >= 11 is 0. The fraction of sp³-hybridized carbons (Fsp3) is 0.500. The summed E-state index contributed by atoms with van der Waals surface area (Å²) in [5.41, 5.74) is 9.53. The van der Waals surface area contributed by atoms with Crippen LogP contribution in [0, 0.1) is 0 Å². The highest BCUT2D eigenvalue weighted by Gasteiger charge is 2.17. The molecule has 0 heterocycles. The largest absolute Gasteiger partial charge is 0.399 e. The van der Waals surface area contributed by atoms with Crippen LogP contribution in [-0.4, -0.2) is 0 Å². The Bertz CT molecular complexity index is 278. The van der Waals surface area contributed by atoms with Gasteiger partial charge in [-0.25, -0.2) is 0 Å². The molecule has 1 aromatic rings. The van der Waals surface area contributed by atoms with Gasteiger partial charge in [0.1, 0.15) is 0 Å². The monoisotopic (exact) mass is 177 g/mol. The molecule has 2 rings (SSSR count). The lowest BCUT2D eigenvalue weighted by molar-refractivity contribution is 0.747. The lowest BCUT2D eigenvalue weighted by Gasteiger charge is -2.03. The zero-order chi connectivity index (χ0) is 9.84. The number of aryl methyl sites for hydroxylation is 1. The van der Waals surface area contributed by atoms with Crippen LogP contribution in [0.2, 0.25) is 0 Å². The zero-order valence-electron chi connectivity index (χ0n) is 8.80. The normalized spacial score (nSPS) is 18.8. The molecule has 1 aliphatic carbocycles. The summed E-state index contributed by atoms with van der Waals surface area (Å²) in [4.78, 5) is 0. The summed E-state index contributed by atoms with van der Waals surface area (Å²) in [6.45, 7) is 6.28. The summed E-state index contributed by atoms with van der Waals surface area (Å²) in [6, 6.07) is 6.28. The fourth-order valence-electron chi connectivity index (χ4n) is 1.85. The third kappa shape index (κ3) is 2.03. The van der Waals surface area contributed by atoms with E-state index in [2.05, 4.69) is 19.1 Å². The third-order valence-electron chi connectivity index (χ3n) is 2.54. The molecule has 1 unspecified atom stereocenters. The first-order valence-electron chi connectivity index (χ1n) is 5.15. The van der Waals surface area contributed by atoms with E-state index in [1.54, 1.807) is 0 Å². The highest BCUT2D eigenvalue weighted by molar-refractivity contribution is 5.47. The summed E-state index contributed by atoms with van der Waals surface area (Å²) in [7, 11) is 0. The molecule has 2 N–H and O–H groups in total. The fourth-order valence-corrected chi connectivity index (χ4v) is 1.85. The van der Waals surface area contributed by atoms with Gasteiger partial charge in [0.25, 0.3) is 0 Å². The standard InChI is InChI=1S/C10H13N.C2H6/c1-7-2-3-8-6-9(11)4-5-10(7)8;1-2/h4-7H,2-3,11H2,1H3;1-2H3. The minimum absolute atomic E-state index is 0.741. The van der Waals surface area contributed by atoms with Crippen LogP contribution in [0.1, 0.15) is 44.2 Å². The highest BCUT2D eigenvalue weighted by atomic mass is 14.5. The number of fused-ring (bicyclic) bond motifs is 1. The van der Waals surface area contributed by atoms with Gasteiger partial charge in [-0.15, -0.1) is 0 Å². The number of hydrogen-bond donors (Lipinski definition) is 1. The maximum atomic E-state index is 5.68. The van der Waals surface area contributed by atoms with Crippen LogP contribution in [0.4, 0.5) is 5.69 Å². The van der Waals surface area contributed by atoms with E-state index < -0.39 is 0 Å². The first-order valence-corrected chi connectivity index (χ1v) is 5.15. The molecule has 72 valence electrons. The van der Waals surface area contributed by atoms with E-state index >= 15 is 0 Å². The molecule has 1 aromatic carbocycles. The maximum Gasteiger partial charge on any atom is 0.0316 e. The van der Waals surface area contributed by atoms with E-state index in [4.69, 9.17) is 5.73 Å². The second kappa shape index (κ2) is 4.31. The number of nitrogens with two attached hydrogens (primary N) is 1. The minimum Gasteiger partial charge on any atom is -0.399 e. The van der Waals surface area contributed by atoms with Crippen molar-refractivity contribution in [3.8, 4) is 0 Å². The molecular weight excluding hydrogens is 158 g/mol. The molecule has 0 aliphatic heterocycles. The molecule has 0 radical (unpaired) electrons. The average Bonchev–Trinajstić information content (AvgIpc) is 2.51. The van der Waals surface area contributed by atoms with Gasteiger partial charge in [0.2, 0.25) is 0 Å². The molecule has 1 atom stereocenters. The molecule has 0 bridgehead atoms. The molecule has 1 aliphatic rings. The van der Waals surface area contributed by atoms with Gasteiger partial charge in [-0.2, -0.15) is 0 Å². The van der Waals surface area contributed by atoms with Gasteiger partial charge < -0.3 is 5.73 Å². The van der Waals surface area contributed by atoms with Gasteiger partial charge in [-0.1, -0.05) is 26.8 Å². The van der Waals surface area contributed by atoms with Gasteiger partial charge in [0.15, 0.2) is 0 Å². The Balaban J connectivity index is 0.000000396. The maximum absolute atomic E-state index is 5.68. The van der Waals surface area contributed by atoms with Gasteiger partial charge >= 0.3 is 0 Å². The number of anilines is 1. The van der Waals surface area contributed by atoms with Gasteiger partial charge in [-0.3, -0.25) is 0 Å². The first-order chi connectivity index (χ1) is 6.27. The zero-order valence-corrected chi connectivity index (χ0v) is 8.80. The Labute approximate surface area is 81.0 Å². The van der Waals surface area contributed by atoms with Crippen molar-refractivity contribution < 1.29 is 0 Å². The Morgan fingerprint density at radius 2 is 2.00 bits per heavy atom. The SMILES string of the molecule is CC.CC1CCc2cc(N)ccc21. The summed E-state index contributed by atoms with van der Waals surface area (Å²) in [5, 5.41) is 0.